The van der Waals surface area contributed by atoms with Gasteiger partial charge in [0.15, 0.2) is 0 Å². The zero-order valence-corrected chi connectivity index (χ0v) is 12.7. The lowest BCUT2D eigenvalue weighted by molar-refractivity contribution is -0.154. The van der Waals surface area contributed by atoms with Gasteiger partial charge in [-0.1, -0.05) is 0 Å². The van der Waals surface area contributed by atoms with E-state index in [9.17, 15) is 9.59 Å². The van der Waals surface area contributed by atoms with Gasteiger partial charge in [-0.05, 0) is 59.3 Å². The van der Waals surface area contributed by atoms with E-state index in [-0.39, 0.29) is 12.1 Å². The van der Waals surface area contributed by atoms with Gasteiger partial charge in [-0.3, -0.25) is 4.90 Å². The number of ether oxygens (including phenoxy) is 2. The smallest absolute Gasteiger partial charge is 0.411 e. The van der Waals surface area contributed by atoms with Crippen LogP contribution in [0.3, 0.4) is 0 Å². The van der Waals surface area contributed by atoms with E-state index in [2.05, 4.69) is 0 Å². The third-order valence-electron chi connectivity index (χ3n) is 3.74. The fourth-order valence-corrected chi connectivity index (χ4v) is 2.80. The second-order valence-corrected chi connectivity index (χ2v) is 6.68. The summed E-state index contributed by atoms with van der Waals surface area (Å²) in [5.74, 6) is -0.264. The molecule has 1 saturated carbocycles. The molecule has 0 aromatic heterocycles. The molecule has 0 radical (unpaired) electrons. The van der Waals surface area contributed by atoms with Crippen LogP contribution in [0.4, 0.5) is 4.79 Å². The second-order valence-electron chi connectivity index (χ2n) is 6.68. The van der Waals surface area contributed by atoms with Crippen LogP contribution in [0.1, 0.15) is 59.3 Å². The minimum atomic E-state index is -0.542. The number of amides is 1. The Morgan fingerprint density at radius 1 is 1.05 bits per heavy atom. The Bertz CT molecular complexity index is 369. The lowest BCUT2D eigenvalue weighted by atomic mass is 10.2. The number of carbonyl (C=O) groups is 2. The van der Waals surface area contributed by atoms with E-state index in [0.29, 0.717) is 13.0 Å². The van der Waals surface area contributed by atoms with Crippen molar-refractivity contribution in [2.75, 3.05) is 6.54 Å². The minimum Gasteiger partial charge on any atom is -0.461 e. The van der Waals surface area contributed by atoms with Gasteiger partial charge >= 0.3 is 12.1 Å². The molecule has 1 heterocycles. The van der Waals surface area contributed by atoms with Gasteiger partial charge in [0.25, 0.3) is 0 Å². The summed E-state index contributed by atoms with van der Waals surface area (Å²) in [5.41, 5.74) is -0.542. The number of nitrogens with zero attached hydrogens (tertiary/aromatic N) is 1. The summed E-state index contributed by atoms with van der Waals surface area (Å²) >= 11 is 0. The van der Waals surface area contributed by atoms with Gasteiger partial charge in [0, 0.05) is 6.54 Å². The molecule has 0 spiro atoms. The molecule has 2 aliphatic rings. The van der Waals surface area contributed by atoms with Crippen LogP contribution in [-0.4, -0.2) is 41.3 Å². The molecular weight excluding hydrogens is 258 g/mol. The molecular formula is C15H25NO4. The first-order valence-corrected chi connectivity index (χ1v) is 7.57. The predicted octanol–water partition coefficient (Wildman–Crippen LogP) is 2.87. The highest BCUT2D eigenvalue weighted by atomic mass is 16.6. The molecule has 0 unspecified atom stereocenters. The first-order chi connectivity index (χ1) is 9.37. The topological polar surface area (TPSA) is 55.8 Å². The minimum absolute atomic E-state index is 0.0450. The Hall–Kier alpha value is -1.26. The largest absolute Gasteiger partial charge is 0.461 e. The van der Waals surface area contributed by atoms with Crippen molar-refractivity contribution in [2.45, 2.75) is 77.0 Å². The van der Waals surface area contributed by atoms with Gasteiger partial charge in [0.05, 0.1) is 0 Å². The van der Waals surface area contributed by atoms with Crippen LogP contribution in [-0.2, 0) is 14.3 Å². The highest BCUT2D eigenvalue weighted by Crippen LogP contribution is 2.25. The average molecular weight is 283 g/mol. The van der Waals surface area contributed by atoms with Crippen LogP contribution in [0.2, 0.25) is 0 Å². The van der Waals surface area contributed by atoms with Gasteiger partial charge < -0.3 is 9.47 Å². The van der Waals surface area contributed by atoms with Gasteiger partial charge in [-0.2, -0.15) is 0 Å². The summed E-state index contributed by atoms with van der Waals surface area (Å²) in [4.78, 5) is 25.8. The molecule has 1 saturated heterocycles. The molecule has 2 fully saturated rings. The van der Waals surface area contributed by atoms with Crippen molar-refractivity contribution in [3.05, 3.63) is 0 Å². The predicted molar refractivity (Wildman–Crippen MR) is 74.3 cm³/mol. The molecule has 1 amide bonds. The maximum atomic E-state index is 12.2. The summed E-state index contributed by atoms with van der Waals surface area (Å²) in [7, 11) is 0. The lowest BCUT2D eigenvalue weighted by Crippen LogP contribution is -2.44. The standard InChI is InChI=1S/C15H25NO4/c1-15(2,3)20-14(18)16-10-6-9-12(16)13(17)19-11-7-4-5-8-11/h11-12H,4-10H2,1-3H3/t12-/m0/s1. The summed E-state index contributed by atoms with van der Waals surface area (Å²) in [6.45, 7) is 6.05. The molecule has 114 valence electrons. The van der Waals surface area contributed by atoms with Crippen molar-refractivity contribution >= 4 is 12.1 Å². The molecule has 5 heteroatoms. The van der Waals surface area contributed by atoms with Gasteiger partial charge in [-0.25, -0.2) is 9.59 Å². The second kappa shape index (κ2) is 6.02. The zero-order chi connectivity index (χ0) is 14.8. The summed E-state index contributed by atoms with van der Waals surface area (Å²) in [6, 6.07) is -0.467. The van der Waals surface area contributed by atoms with Crippen molar-refractivity contribution in [2.24, 2.45) is 0 Å². The SMILES string of the molecule is CC(C)(C)OC(=O)N1CCC[C@H]1C(=O)OC1CCCC1. The zero-order valence-electron chi connectivity index (χ0n) is 12.7. The van der Waals surface area contributed by atoms with E-state index in [1.165, 1.54) is 4.90 Å². The molecule has 0 aromatic rings. The fourth-order valence-electron chi connectivity index (χ4n) is 2.80. The van der Waals surface area contributed by atoms with Crippen molar-refractivity contribution in [3.8, 4) is 0 Å². The monoisotopic (exact) mass is 283 g/mol. The van der Waals surface area contributed by atoms with Crippen molar-refractivity contribution in [3.63, 3.8) is 0 Å². The van der Waals surface area contributed by atoms with Crippen LogP contribution in [0.15, 0.2) is 0 Å². The number of esters is 1. The summed E-state index contributed by atoms with van der Waals surface area (Å²) < 4.78 is 10.9. The number of likely N-dealkylation sites (tertiary alicyclic amines) is 1. The molecule has 1 aliphatic heterocycles. The van der Waals surface area contributed by atoms with E-state index in [1.54, 1.807) is 0 Å². The molecule has 5 nitrogen and oxygen atoms in total. The highest BCUT2D eigenvalue weighted by molar-refractivity contribution is 5.82. The number of rotatable bonds is 2. The summed E-state index contributed by atoms with van der Waals surface area (Å²) in [5, 5.41) is 0. The third kappa shape index (κ3) is 3.87. The van der Waals surface area contributed by atoms with Gasteiger partial charge in [0.2, 0.25) is 0 Å². The fraction of sp³-hybridized carbons (Fsp3) is 0.867. The van der Waals surface area contributed by atoms with Gasteiger partial charge in [-0.15, -0.1) is 0 Å². The first kappa shape index (κ1) is 15.1. The van der Waals surface area contributed by atoms with Crippen molar-refractivity contribution < 1.29 is 19.1 Å². The number of hydrogen-bond donors (Lipinski definition) is 0. The molecule has 1 atom stereocenters. The van der Waals surface area contributed by atoms with E-state index in [1.807, 2.05) is 20.8 Å². The number of carbonyl (C=O) groups excluding carboxylic acids is 2. The molecule has 0 bridgehead atoms. The Kier molecular flexibility index (Phi) is 4.55. The highest BCUT2D eigenvalue weighted by Gasteiger charge is 2.38. The maximum Gasteiger partial charge on any atom is 0.411 e. The quantitative estimate of drug-likeness (QED) is 0.731. The van der Waals surface area contributed by atoms with E-state index >= 15 is 0 Å². The Morgan fingerprint density at radius 3 is 2.30 bits per heavy atom. The van der Waals surface area contributed by atoms with Gasteiger partial charge in [0.1, 0.15) is 17.7 Å². The van der Waals surface area contributed by atoms with Crippen LogP contribution in [0.5, 0.6) is 0 Å². The Labute approximate surface area is 120 Å². The Balaban J connectivity index is 1.92. The summed E-state index contributed by atoms with van der Waals surface area (Å²) in [6.07, 6.45) is 5.27. The maximum absolute atomic E-state index is 12.2. The van der Waals surface area contributed by atoms with Crippen LogP contribution in [0.25, 0.3) is 0 Å². The molecule has 1 aliphatic carbocycles. The third-order valence-corrected chi connectivity index (χ3v) is 3.74. The molecule has 20 heavy (non-hydrogen) atoms. The van der Waals surface area contributed by atoms with E-state index in [0.717, 1.165) is 32.1 Å². The average Bonchev–Trinajstić information content (AvgIpc) is 2.96. The van der Waals surface area contributed by atoms with Crippen molar-refractivity contribution in [1.29, 1.82) is 0 Å². The van der Waals surface area contributed by atoms with E-state index in [4.69, 9.17) is 9.47 Å². The number of hydrogen-bond acceptors (Lipinski definition) is 4. The molecule has 2 rings (SSSR count). The lowest BCUT2D eigenvalue weighted by Gasteiger charge is -2.28. The van der Waals surface area contributed by atoms with Crippen LogP contribution < -0.4 is 0 Å². The van der Waals surface area contributed by atoms with E-state index < -0.39 is 17.7 Å². The van der Waals surface area contributed by atoms with Crippen molar-refractivity contribution in [1.82, 2.24) is 4.90 Å². The first-order valence-electron chi connectivity index (χ1n) is 7.57. The molecule has 0 aromatic carbocycles. The Morgan fingerprint density at radius 2 is 1.70 bits per heavy atom. The van der Waals surface area contributed by atoms with Crippen LogP contribution in [0, 0.1) is 0 Å². The van der Waals surface area contributed by atoms with Crippen LogP contribution >= 0.6 is 0 Å². The molecule has 0 N–H and O–H groups in total. The normalized spacial score (nSPS) is 23.9.